The standard InChI is InChI=1S/C16H22N4O4S/c1-20(2)25(21,22)19-16-8-6-13(11-18-16)17-10-12-5-7-14(23-3)15(9-12)24-4/h5-9,11,17H,10H2,1-4H3,(H,18,19). The van der Waals surface area contributed by atoms with E-state index in [-0.39, 0.29) is 5.82 Å². The van der Waals surface area contributed by atoms with Crippen molar-refractivity contribution in [1.82, 2.24) is 9.29 Å². The molecule has 0 fully saturated rings. The number of nitrogens with one attached hydrogen (secondary N) is 2. The molecule has 0 radical (unpaired) electrons. The number of nitrogens with zero attached hydrogens (tertiary/aromatic N) is 2. The molecule has 0 atom stereocenters. The van der Waals surface area contributed by atoms with Crippen molar-refractivity contribution in [2.24, 2.45) is 0 Å². The smallest absolute Gasteiger partial charge is 0.302 e. The van der Waals surface area contributed by atoms with E-state index in [9.17, 15) is 8.42 Å². The van der Waals surface area contributed by atoms with Gasteiger partial charge in [0.25, 0.3) is 0 Å². The molecule has 25 heavy (non-hydrogen) atoms. The molecule has 2 N–H and O–H groups in total. The average Bonchev–Trinajstić information content (AvgIpc) is 2.60. The summed E-state index contributed by atoms with van der Waals surface area (Å²) in [5.74, 6) is 1.59. The third-order valence-electron chi connectivity index (χ3n) is 3.42. The van der Waals surface area contributed by atoms with E-state index in [1.165, 1.54) is 14.1 Å². The Hall–Kier alpha value is -2.52. The second-order valence-corrected chi connectivity index (χ2v) is 7.25. The second-order valence-electron chi connectivity index (χ2n) is 5.36. The number of rotatable bonds is 8. The van der Waals surface area contributed by atoms with Crippen LogP contribution in [0.1, 0.15) is 5.56 Å². The van der Waals surface area contributed by atoms with Crippen LogP contribution >= 0.6 is 0 Å². The van der Waals surface area contributed by atoms with Gasteiger partial charge >= 0.3 is 10.2 Å². The lowest BCUT2D eigenvalue weighted by Gasteiger charge is -2.13. The van der Waals surface area contributed by atoms with Crippen molar-refractivity contribution in [2.45, 2.75) is 6.54 Å². The molecular formula is C16H22N4O4S. The first kappa shape index (κ1) is 18.8. The van der Waals surface area contributed by atoms with Crippen molar-refractivity contribution < 1.29 is 17.9 Å². The summed E-state index contributed by atoms with van der Waals surface area (Å²) in [7, 11) is 2.51. The van der Waals surface area contributed by atoms with Gasteiger partial charge in [-0.3, -0.25) is 4.72 Å². The Bertz CT molecular complexity index is 807. The second kappa shape index (κ2) is 8.04. The van der Waals surface area contributed by atoms with Crippen LogP contribution in [0.25, 0.3) is 0 Å². The Kier molecular flexibility index (Phi) is 6.05. The molecule has 1 heterocycles. The van der Waals surface area contributed by atoms with Crippen LogP contribution in [0.15, 0.2) is 36.5 Å². The fourth-order valence-corrected chi connectivity index (χ4v) is 2.54. The molecule has 2 aromatic rings. The number of hydrogen-bond acceptors (Lipinski definition) is 6. The summed E-state index contributed by atoms with van der Waals surface area (Å²) >= 11 is 0. The molecule has 0 saturated carbocycles. The summed E-state index contributed by atoms with van der Waals surface area (Å²) in [5.41, 5.74) is 1.78. The lowest BCUT2D eigenvalue weighted by atomic mass is 10.2. The zero-order valence-corrected chi connectivity index (χ0v) is 15.4. The lowest BCUT2D eigenvalue weighted by Crippen LogP contribution is -2.29. The number of hydrogen-bond donors (Lipinski definition) is 2. The Morgan fingerprint density at radius 2 is 1.80 bits per heavy atom. The van der Waals surface area contributed by atoms with Crippen LogP contribution in [0.3, 0.4) is 0 Å². The number of ether oxygens (including phenoxy) is 2. The highest BCUT2D eigenvalue weighted by Gasteiger charge is 2.13. The van der Waals surface area contributed by atoms with Gasteiger partial charge in [-0.25, -0.2) is 4.98 Å². The van der Waals surface area contributed by atoms with Crippen molar-refractivity contribution in [3.05, 3.63) is 42.1 Å². The van der Waals surface area contributed by atoms with E-state index >= 15 is 0 Å². The quantitative estimate of drug-likeness (QED) is 0.742. The predicted octanol–water partition coefficient (Wildman–Crippen LogP) is 1.93. The van der Waals surface area contributed by atoms with Gasteiger partial charge in [0.1, 0.15) is 5.82 Å². The summed E-state index contributed by atoms with van der Waals surface area (Å²) in [6.07, 6.45) is 1.56. The molecule has 0 amide bonds. The Morgan fingerprint density at radius 3 is 2.36 bits per heavy atom. The molecule has 0 aliphatic heterocycles. The maximum atomic E-state index is 11.7. The third kappa shape index (κ3) is 4.97. The normalized spacial score (nSPS) is 11.2. The van der Waals surface area contributed by atoms with Crippen LogP contribution in [-0.2, 0) is 16.8 Å². The fraction of sp³-hybridized carbons (Fsp3) is 0.312. The molecule has 0 bridgehead atoms. The van der Waals surface area contributed by atoms with E-state index in [4.69, 9.17) is 9.47 Å². The van der Waals surface area contributed by atoms with E-state index < -0.39 is 10.2 Å². The van der Waals surface area contributed by atoms with Crippen molar-refractivity contribution in [2.75, 3.05) is 38.4 Å². The van der Waals surface area contributed by atoms with Crippen LogP contribution in [0.5, 0.6) is 11.5 Å². The Labute approximate surface area is 148 Å². The summed E-state index contributed by atoms with van der Waals surface area (Å²) < 4.78 is 37.4. The number of aromatic nitrogens is 1. The maximum absolute atomic E-state index is 11.7. The summed E-state index contributed by atoms with van der Waals surface area (Å²) in [4.78, 5) is 4.10. The van der Waals surface area contributed by atoms with Crippen LogP contribution in [-0.4, -0.2) is 46.0 Å². The number of benzene rings is 1. The van der Waals surface area contributed by atoms with Gasteiger partial charge in [-0.15, -0.1) is 0 Å². The van der Waals surface area contributed by atoms with Crippen molar-refractivity contribution >= 4 is 21.7 Å². The van der Waals surface area contributed by atoms with Gasteiger partial charge in [-0.2, -0.15) is 12.7 Å². The Morgan fingerprint density at radius 1 is 1.08 bits per heavy atom. The lowest BCUT2D eigenvalue weighted by molar-refractivity contribution is 0.354. The minimum absolute atomic E-state index is 0.255. The molecule has 8 nitrogen and oxygen atoms in total. The molecule has 0 saturated heterocycles. The van der Waals surface area contributed by atoms with Crippen LogP contribution in [0.2, 0.25) is 0 Å². The number of anilines is 2. The molecule has 9 heteroatoms. The molecular weight excluding hydrogens is 344 g/mol. The largest absolute Gasteiger partial charge is 0.493 e. The molecule has 1 aromatic heterocycles. The highest BCUT2D eigenvalue weighted by molar-refractivity contribution is 7.90. The van der Waals surface area contributed by atoms with Crippen LogP contribution in [0.4, 0.5) is 11.5 Å². The average molecular weight is 366 g/mol. The molecule has 2 rings (SSSR count). The molecule has 0 aliphatic rings. The van der Waals surface area contributed by atoms with Crippen molar-refractivity contribution in [3.8, 4) is 11.5 Å². The first-order chi connectivity index (χ1) is 11.9. The molecule has 0 aliphatic carbocycles. The molecule has 0 spiro atoms. The molecule has 1 aromatic carbocycles. The number of methoxy groups -OCH3 is 2. The maximum Gasteiger partial charge on any atom is 0.302 e. The van der Waals surface area contributed by atoms with E-state index in [1.54, 1.807) is 32.5 Å². The van der Waals surface area contributed by atoms with Crippen molar-refractivity contribution in [3.63, 3.8) is 0 Å². The van der Waals surface area contributed by atoms with Crippen LogP contribution in [0, 0.1) is 0 Å². The van der Waals surface area contributed by atoms with E-state index in [1.807, 2.05) is 18.2 Å². The monoisotopic (exact) mass is 366 g/mol. The third-order valence-corrected chi connectivity index (χ3v) is 4.85. The van der Waals surface area contributed by atoms with Gasteiger partial charge in [-0.1, -0.05) is 6.07 Å². The Balaban J connectivity index is 2.00. The number of pyridine rings is 1. The summed E-state index contributed by atoms with van der Waals surface area (Å²) in [5, 5.41) is 3.22. The molecule has 136 valence electrons. The van der Waals surface area contributed by atoms with E-state index in [0.717, 1.165) is 15.6 Å². The predicted molar refractivity (Wildman–Crippen MR) is 97.3 cm³/mol. The van der Waals surface area contributed by atoms with E-state index in [0.29, 0.717) is 18.0 Å². The van der Waals surface area contributed by atoms with Gasteiger partial charge in [0.05, 0.1) is 26.1 Å². The topological polar surface area (TPSA) is 92.8 Å². The van der Waals surface area contributed by atoms with Crippen molar-refractivity contribution in [1.29, 1.82) is 0 Å². The first-order valence-corrected chi connectivity index (χ1v) is 8.91. The van der Waals surface area contributed by atoms with Gasteiger partial charge in [-0.05, 0) is 29.8 Å². The minimum atomic E-state index is -3.56. The van der Waals surface area contributed by atoms with Gasteiger partial charge < -0.3 is 14.8 Å². The van der Waals surface area contributed by atoms with Gasteiger partial charge in [0.15, 0.2) is 11.5 Å². The van der Waals surface area contributed by atoms with Crippen LogP contribution < -0.4 is 19.5 Å². The zero-order valence-electron chi connectivity index (χ0n) is 14.6. The van der Waals surface area contributed by atoms with Gasteiger partial charge in [0.2, 0.25) is 0 Å². The summed E-state index contributed by atoms with van der Waals surface area (Å²) in [6.45, 7) is 0.560. The minimum Gasteiger partial charge on any atom is -0.493 e. The first-order valence-electron chi connectivity index (χ1n) is 7.47. The fourth-order valence-electron chi connectivity index (χ4n) is 1.98. The molecule has 0 unspecified atom stereocenters. The van der Waals surface area contributed by atoms with E-state index in [2.05, 4.69) is 15.0 Å². The summed E-state index contributed by atoms with van der Waals surface area (Å²) in [6, 6.07) is 9.01. The highest BCUT2D eigenvalue weighted by atomic mass is 32.2. The van der Waals surface area contributed by atoms with Gasteiger partial charge in [0, 0.05) is 20.6 Å². The highest BCUT2D eigenvalue weighted by Crippen LogP contribution is 2.27. The SMILES string of the molecule is COc1ccc(CNc2ccc(NS(=O)(=O)N(C)C)nc2)cc1OC. The zero-order chi connectivity index (χ0) is 18.4.